The summed E-state index contributed by atoms with van der Waals surface area (Å²) < 4.78 is 4.69. The zero-order valence-electron chi connectivity index (χ0n) is 28.1. The number of aromatic nitrogens is 4. The van der Waals surface area contributed by atoms with Gasteiger partial charge in [-0.05, 0) is 82.6 Å². The Labute approximate surface area is 299 Å². The molecule has 0 fully saturated rings. The Hall–Kier alpha value is -7.04. The van der Waals surface area contributed by atoms with Gasteiger partial charge in [0.1, 0.15) is 5.69 Å². The molecule has 0 spiro atoms. The number of benzene rings is 8. The maximum Gasteiger partial charge on any atom is 0.165 e. The molecule has 11 rings (SSSR count). The highest BCUT2D eigenvalue weighted by atomic mass is 15.1. The summed E-state index contributed by atoms with van der Waals surface area (Å²) in [4.78, 5) is 10.6. The summed E-state index contributed by atoms with van der Waals surface area (Å²) in [6.07, 6.45) is 0. The smallest absolute Gasteiger partial charge is 0.165 e. The molecule has 0 aliphatic carbocycles. The summed E-state index contributed by atoms with van der Waals surface area (Å²) in [6.45, 7) is 0. The van der Waals surface area contributed by atoms with Crippen LogP contribution in [0.1, 0.15) is 0 Å². The molecule has 0 atom stereocenters. The Balaban J connectivity index is 1.20. The average molecular weight is 663 g/mol. The van der Waals surface area contributed by atoms with Gasteiger partial charge in [-0.15, -0.1) is 0 Å². The van der Waals surface area contributed by atoms with Crippen LogP contribution in [0.2, 0.25) is 0 Å². The average Bonchev–Trinajstić information content (AvgIpc) is 3.73. The summed E-state index contributed by atoms with van der Waals surface area (Å²) in [5, 5.41) is 7.31. The minimum atomic E-state index is 0.822. The molecule has 3 heterocycles. The van der Waals surface area contributed by atoms with Crippen LogP contribution in [-0.2, 0) is 0 Å². The Kier molecular flexibility index (Phi) is 6.22. The van der Waals surface area contributed by atoms with E-state index in [1.807, 2.05) is 30.3 Å². The quantitative estimate of drug-likeness (QED) is 0.188. The number of fused-ring (bicyclic) bond motifs is 9. The van der Waals surface area contributed by atoms with Gasteiger partial charge in [0.15, 0.2) is 5.82 Å². The highest BCUT2D eigenvalue weighted by Crippen LogP contribution is 2.41. The van der Waals surface area contributed by atoms with Crippen LogP contribution < -0.4 is 0 Å². The first-order valence-corrected chi connectivity index (χ1v) is 17.7. The van der Waals surface area contributed by atoms with Crippen molar-refractivity contribution in [2.75, 3.05) is 0 Å². The first-order chi connectivity index (χ1) is 25.8. The number of para-hydroxylation sites is 4. The lowest BCUT2D eigenvalue weighted by molar-refractivity contribution is 1.08. The molecule has 0 saturated heterocycles. The first kappa shape index (κ1) is 28.8. The van der Waals surface area contributed by atoms with E-state index in [0.717, 1.165) is 44.8 Å². The maximum atomic E-state index is 5.34. The van der Waals surface area contributed by atoms with Gasteiger partial charge in [0.25, 0.3) is 0 Å². The Morgan fingerprint density at radius 1 is 0.346 bits per heavy atom. The highest BCUT2D eigenvalue weighted by Gasteiger charge is 2.21. The second-order valence-corrected chi connectivity index (χ2v) is 13.4. The summed E-state index contributed by atoms with van der Waals surface area (Å²) in [5.41, 5.74) is 11.8. The third-order valence-electron chi connectivity index (χ3n) is 10.5. The molecule has 11 aromatic rings. The maximum absolute atomic E-state index is 5.34. The van der Waals surface area contributed by atoms with Crippen molar-refractivity contribution in [3.8, 4) is 33.9 Å². The Morgan fingerprint density at radius 2 is 0.923 bits per heavy atom. The lowest BCUT2D eigenvalue weighted by Gasteiger charge is -2.14. The van der Waals surface area contributed by atoms with Crippen LogP contribution in [0.15, 0.2) is 182 Å². The molecular formula is C48H30N4. The van der Waals surface area contributed by atoms with E-state index in [1.54, 1.807) is 0 Å². The van der Waals surface area contributed by atoms with E-state index in [0.29, 0.717) is 0 Å². The second kappa shape index (κ2) is 11.2. The van der Waals surface area contributed by atoms with Gasteiger partial charge in [0.2, 0.25) is 0 Å². The van der Waals surface area contributed by atoms with Crippen molar-refractivity contribution >= 4 is 65.4 Å². The first-order valence-electron chi connectivity index (χ1n) is 17.7. The van der Waals surface area contributed by atoms with Gasteiger partial charge < -0.3 is 4.57 Å². The van der Waals surface area contributed by atoms with Gasteiger partial charge in [-0.1, -0.05) is 121 Å². The molecular weight excluding hydrogens is 633 g/mol. The van der Waals surface area contributed by atoms with Gasteiger partial charge >= 0.3 is 0 Å². The zero-order valence-corrected chi connectivity index (χ0v) is 28.1. The largest absolute Gasteiger partial charge is 0.309 e. The Bertz CT molecular complexity index is 3170. The molecule has 3 aromatic heterocycles. The third-order valence-corrected chi connectivity index (χ3v) is 10.5. The van der Waals surface area contributed by atoms with Crippen LogP contribution in [0.3, 0.4) is 0 Å². The van der Waals surface area contributed by atoms with Crippen LogP contribution >= 0.6 is 0 Å². The van der Waals surface area contributed by atoms with Crippen LogP contribution in [0.4, 0.5) is 0 Å². The Morgan fingerprint density at radius 3 is 1.71 bits per heavy atom. The molecule has 4 nitrogen and oxygen atoms in total. The minimum Gasteiger partial charge on any atom is -0.309 e. The standard InChI is InChI=1S/C48H30N4/c1-3-14-32(15-4-1)47-48(50-41-21-11-10-20-40(41)49-47)52-44-27-25-34(30-39(44)46-36-18-8-7-13-31(36)23-28-45(46)52)33-24-26-43-38(29-33)37-19-9-12-22-42(37)51(43)35-16-5-2-6-17-35/h1-30H. The van der Waals surface area contributed by atoms with Crippen LogP contribution in [0.25, 0.3) is 99.3 Å². The molecule has 0 bridgehead atoms. The molecule has 0 aliphatic rings. The van der Waals surface area contributed by atoms with Gasteiger partial charge in [-0.2, -0.15) is 0 Å². The van der Waals surface area contributed by atoms with Crippen molar-refractivity contribution in [1.82, 2.24) is 19.1 Å². The van der Waals surface area contributed by atoms with Gasteiger partial charge in [0, 0.05) is 32.8 Å². The molecule has 4 heteroatoms. The fraction of sp³-hybridized carbons (Fsp3) is 0. The molecule has 0 amide bonds. The molecule has 242 valence electrons. The predicted molar refractivity (Wildman–Crippen MR) is 217 cm³/mol. The van der Waals surface area contributed by atoms with Crippen LogP contribution in [-0.4, -0.2) is 19.1 Å². The van der Waals surface area contributed by atoms with E-state index in [1.165, 1.54) is 54.5 Å². The van der Waals surface area contributed by atoms with Gasteiger partial charge in [-0.25, -0.2) is 9.97 Å². The van der Waals surface area contributed by atoms with E-state index in [9.17, 15) is 0 Å². The van der Waals surface area contributed by atoms with Gasteiger partial charge in [-0.3, -0.25) is 4.57 Å². The van der Waals surface area contributed by atoms with Gasteiger partial charge in [0.05, 0.1) is 33.1 Å². The molecule has 52 heavy (non-hydrogen) atoms. The minimum absolute atomic E-state index is 0.822. The number of hydrogen-bond acceptors (Lipinski definition) is 2. The number of hydrogen-bond donors (Lipinski definition) is 0. The second-order valence-electron chi connectivity index (χ2n) is 13.4. The topological polar surface area (TPSA) is 35.6 Å². The molecule has 0 N–H and O–H groups in total. The number of rotatable bonds is 4. The monoisotopic (exact) mass is 662 g/mol. The molecule has 0 saturated carbocycles. The third kappa shape index (κ3) is 4.28. The van der Waals surface area contributed by atoms with Crippen molar-refractivity contribution in [1.29, 1.82) is 0 Å². The van der Waals surface area contributed by atoms with Crippen molar-refractivity contribution in [2.24, 2.45) is 0 Å². The lowest BCUT2D eigenvalue weighted by Crippen LogP contribution is -2.03. The predicted octanol–water partition coefficient (Wildman–Crippen LogP) is 12.3. The van der Waals surface area contributed by atoms with Crippen molar-refractivity contribution in [3.63, 3.8) is 0 Å². The van der Waals surface area contributed by atoms with Crippen molar-refractivity contribution in [2.45, 2.75) is 0 Å². The number of nitrogens with zero attached hydrogens (tertiary/aromatic N) is 4. The van der Waals surface area contributed by atoms with Crippen LogP contribution in [0, 0.1) is 0 Å². The van der Waals surface area contributed by atoms with Crippen molar-refractivity contribution < 1.29 is 0 Å². The SMILES string of the molecule is c1ccc(-c2nc3ccccc3nc2-n2c3ccc(-c4ccc5c(c4)c4ccccc4n5-c4ccccc4)cc3c3c4ccccc4ccc32)cc1. The molecule has 0 aliphatic heterocycles. The van der Waals surface area contributed by atoms with E-state index in [-0.39, 0.29) is 0 Å². The van der Waals surface area contributed by atoms with E-state index < -0.39 is 0 Å². The molecule has 0 radical (unpaired) electrons. The molecule has 8 aromatic carbocycles. The van der Waals surface area contributed by atoms with E-state index >= 15 is 0 Å². The van der Waals surface area contributed by atoms with Crippen molar-refractivity contribution in [3.05, 3.63) is 182 Å². The normalized spacial score (nSPS) is 11.8. The summed E-state index contributed by atoms with van der Waals surface area (Å²) in [5.74, 6) is 0.822. The zero-order chi connectivity index (χ0) is 34.2. The lowest BCUT2D eigenvalue weighted by atomic mass is 9.99. The highest BCUT2D eigenvalue weighted by molar-refractivity contribution is 6.22. The van der Waals surface area contributed by atoms with E-state index in [2.05, 4.69) is 161 Å². The van der Waals surface area contributed by atoms with E-state index in [4.69, 9.17) is 9.97 Å². The fourth-order valence-electron chi connectivity index (χ4n) is 8.14. The molecule has 0 unspecified atom stereocenters. The summed E-state index contributed by atoms with van der Waals surface area (Å²) in [6, 6.07) is 64.8. The van der Waals surface area contributed by atoms with Crippen LogP contribution in [0.5, 0.6) is 0 Å². The fourth-order valence-corrected chi connectivity index (χ4v) is 8.14. The summed E-state index contributed by atoms with van der Waals surface area (Å²) in [7, 11) is 0. The summed E-state index contributed by atoms with van der Waals surface area (Å²) >= 11 is 0.